The van der Waals surface area contributed by atoms with Crippen LogP contribution in [0.4, 0.5) is 0 Å². The molecular formula is C13H23NO2S. The molecule has 1 heterocycles. The van der Waals surface area contributed by atoms with Gasteiger partial charge < -0.3 is 4.74 Å². The van der Waals surface area contributed by atoms with Gasteiger partial charge in [-0.2, -0.15) is 11.8 Å². The first-order valence-corrected chi connectivity index (χ1v) is 7.22. The second-order valence-electron chi connectivity index (χ2n) is 5.31. The number of carbonyl (C=O) groups is 1. The highest BCUT2D eigenvalue weighted by Gasteiger charge is 2.46. The number of rotatable bonds is 5. The van der Waals surface area contributed by atoms with Gasteiger partial charge in [-0.05, 0) is 24.5 Å². The Bertz CT molecular complexity index is 291. The van der Waals surface area contributed by atoms with Gasteiger partial charge in [-0.3, -0.25) is 10.1 Å². The van der Waals surface area contributed by atoms with E-state index in [-0.39, 0.29) is 11.4 Å². The fraction of sp³-hybridized carbons (Fsp3) is 0.769. The average molecular weight is 257 g/mol. The van der Waals surface area contributed by atoms with E-state index in [9.17, 15) is 4.79 Å². The van der Waals surface area contributed by atoms with Gasteiger partial charge in [0.25, 0.3) is 0 Å². The summed E-state index contributed by atoms with van der Waals surface area (Å²) in [6.07, 6.45) is 2.60. The smallest absolute Gasteiger partial charge is 0.327 e. The molecule has 98 valence electrons. The van der Waals surface area contributed by atoms with E-state index < -0.39 is 5.54 Å². The molecule has 1 fully saturated rings. The molecule has 1 aliphatic rings. The van der Waals surface area contributed by atoms with E-state index in [1.165, 1.54) is 0 Å². The van der Waals surface area contributed by atoms with Crippen molar-refractivity contribution in [1.82, 2.24) is 5.32 Å². The third-order valence-corrected chi connectivity index (χ3v) is 4.56. The van der Waals surface area contributed by atoms with Crippen molar-refractivity contribution in [1.29, 1.82) is 0 Å². The molecule has 17 heavy (non-hydrogen) atoms. The molecule has 0 aromatic heterocycles. The van der Waals surface area contributed by atoms with Crippen LogP contribution in [0.1, 0.15) is 27.2 Å². The summed E-state index contributed by atoms with van der Waals surface area (Å²) in [5.74, 6) is 1.75. The van der Waals surface area contributed by atoms with Crippen molar-refractivity contribution in [2.75, 3.05) is 24.7 Å². The molecule has 1 rings (SSSR count). The molecule has 0 aromatic rings. The Kier molecular flexibility index (Phi) is 5.07. The molecule has 1 aliphatic heterocycles. The van der Waals surface area contributed by atoms with Crippen LogP contribution in [0.15, 0.2) is 12.7 Å². The summed E-state index contributed by atoms with van der Waals surface area (Å²) in [6.45, 7) is 11.0. The van der Waals surface area contributed by atoms with Crippen molar-refractivity contribution < 1.29 is 9.53 Å². The topological polar surface area (TPSA) is 38.3 Å². The highest BCUT2D eigenvalue weighted by atomic mass is 32.2. The minimum Gasteiger partial charge on any atom is -0.465 e. The number of ether oxygens (including phenoxy) is 1. The van der Waals surface area contributed by atoms with E-state index in [1.807, 2.05) is 18.7 Å². The van der Waals surface area contributed by atoms with E-state index in [0.717, 1.165) is 17.9 Å². The van der Waals surface area contributed by atoms with Gasteiger partial charge in [0.1, 0.15) is 5.54 Å². The van der Waals surface area contributed by atoms with Crippen LogP contribution in [-0.4, -0.2) is 36.2 Å². The summed E-state index contributed by atoms with van der Waals surface area (Å²) in [5, 5.41) is 3.31. The van der Waals surface area contributed by atoms with Crippen molar-refractivity contribution in [3.05, 3.63) is 12.7 Å². The van der Waals surface area contributed by atoms with Crippen LogP contribution in [0.2, 0.25) is 0 Å². The zero-order valence-corrected chi connectivity index (χ0v) is 11.9. The van der Waals surface area contributed by atoms with Crippen molar-refractivity contribution in [2.45, 2.75) is 32.7 Å². The van der Waals surface area contributed by atoms with Gasteiger partial charge in [0.2, 0.25) is 0 Å². The van der Waals surface area contributed by atoms with Crippen molar-refractivity contribution in [3.63, 3.8) is 0 Å². The fourth-order valence-electron chi connectivity index (χ4n) is 2.27. The predicted molar refractivity (Wildman–Crippen MR) is 73.3 cm³/mol. The van der Waals surface area contributed by atoms with E-state index >= 15 is 0 Å². The average Bonchev–Trinajstić information content (AvgIpc) is 2.25. The molecule has 0 saturated carbocycles. The van der Waals surface area contributed by atoms with Gasteiger partial charge in [0.15, 0.2) is 0 Å². The van der Waals surface area contributed by atoms with Crippen LogP contribution < -0.4 is 5.32 Å². The lowest BCUT2D eigenvalue weighted by Gasteiger charge is -2.43. The molecule has 4 heteroatoms. The Morgan fingerprint density at radius 3 is 2.76 bits per heavy atom. The van der Waals surface area contributed by atoms with Crippen LogP contribution >= 0.6 is 11.8 Å². The maximum Gasteiger partial charge on any atom is 0.327 e. The fourth-order valence-corrected chi connectivity index (χ4v) is 3.70. The lowest BCUT2D eigenvalue weighted by Crippen LogP contribution is -2.59. The van der Waals surface area contributed by atoms with Gasteiger partial charge in [0.05, 0.1) is 6.61 Å². The summed E-state index contributed by atoms with van der Waals surface area (Å²) in [6, 6.07) is 0. The lowest BCUT2D eigenvalue weighted by molar-refractivity contribution is -0.151. The molecule has 3 nitrogen and oxygen atoms in total. The highest BCUT2D eigenvalue weighted by Crippen LogP contribution is 2.39. The van der Waals surface area contributed by atoms with E-state index in [4.69, 9.17) is 4.74 Å². The standard InChI is InChI=1S/C13H23NO2S/c1-5-7-14-13(11(15)16-6-2)8-12(3,4)9-17-10-13/h5,14H,1,6-10H2,2-4H3. The first-order chi connectivity index (χ1) is 7.96. The first-order valence-electron chi connectivity index (χ1n) is 6.07. The van der Waals surface area contributed by atoms with Gasteiger partial charge in [-0.25, -0.2) is 0 Å². The second-order valence-corrected chi connectivity index (χ2v) is 6.29. The first kappa shape index (κ1) is 14.6. The van der Waals surface area contributed by atoms with Crippen molar-refractivity contribution in [3.8, 4) is 0 Å². The molecule has 0 aliphatic carbocycles. The summed E-state index contributed by atoms with van der Waals surface area (Å²) < 4.78 is 5.23. The summed E-state index contributed by atoms with van der Waals surface area (Å²) >= 11 is 1.82. The molecule has 1 atom stereocenters. The van der Waals surface area contributed by atoms with Crippen LogP contribution in [0.25, 0.3) is 0 Å². The largest absolute Gasteiger partial charge is 0.465 e. The van der Waals surface area contributed by atoms with Gasteiger partial charge in [-0.15, -0.1) is 6.58 Å². The monoisotopic (exact) mass is 257 g/mol. The zero-order chi connectivity index (χ0) is 12.9. The molecule has 1 saturated heterocycles. The predicted octanol–water partition coefficient (Wildman–Crippen LogP) is 2.23. The Morgan fingerprint density at radius 1 is 1.53 bits per heavy atom. The van der Waals surface area contributed by atoms with Crippen LogP contribution in [0.3, 0.4) is 0 Å². The number of carbonyl (C=O) groups excluding carboxylic acids is 1. The maximum absolute atomic E-state index is 12.2. The minimum atomic E-state index is -0.545. The molecule has 0 radical (unpaired) electrons. The third-order valence-electron chi connectivity index (χ3n) is 2.87. The summed E-state index contributed by atoms with van der Waals surface area (Å²) in [7, 11) is 0. The quantitative estimate of drug-likeness (QED) is 0.605. The molecule has 0 bridgehead atoms. The number of hydrogen-bond acceptors (Lipinski definition) is 4. The second kappa shape index (κ2) is 5.91. The number of thioether (sulfide) groups is 1. The lowest BCUT2D eigenvalue weighted by atomic mass is 9.79. The number of esters is 1. The molecule has 1 N–H and O–H groups in total. The van der Waals surface area contributed by atoms with E-state index in [0.29, 0.717) is 13.2 Å². The third kappa shape index (κ3) is 3.75. The minimum absolute atomic E-state index is 0.123. The number of nitrogens with one attached hydrogen (secondary N) is 1. The number of hydrogen-bond donors (Lipinski definition) is 1. The van der Waals surface area contributed by atoms with Crippen molar-refractivity contribution >= 4 is 17.7 Å². The summed E-state index contributed by atoms with van der Waals surface area (Å²) in [5.41, 5.74) is -0.388. The van der Waals surface area contributed by atoms with Crippen LogP contribution in [0.5, 0.6) is 0 Å². The van der Waals surface area contributed by atoms with Crippen LogP contribution in [0, 0.1) is 5.41 Å². The molecule has 0 aromatic carbocycles. The van der Waals surface area contributed by atoms with Crippen molar-refractivity contribution in [2.24, 2.45) is 5.41 Å². The maximum atomic E-state index is 12.2. The molecule has 1 unspecified atom stereocenters. The summed E-state index contributed by atoms with van der Waals surface area (Å²) in [4.78, 5) is 12.2. The molecular weight excluding hydrogens is 234 g/mol. The normalized spacial score (nSPS) is 27.5. The molecule has 0 amide bonds. The Labute approximate surface area is 108 Å². The Balaban J connectivity index is 2.84. The highest BCUT2D eigenvalue weighted by molar-refractivity contribution is 7.99. The van der Waals surface area contributed by atoms with Crippen LogP contribution in [-0.2, 0) is 9.53 Å². The Morgan fingerprint density at radius 2 is 2.24 bits per heavy atom. The SMILES string of the molecule is C=CCNC1(C(=O)OCC)CSCC(C)(C)C1. The molecule has 0 spiro atoms. The van der Waals surface area contributed by atoms with Gasteiger partial charge in [0, 0.05) is 12.3 Å². The Hall–Kier alpha value is -0.480. The zero-order valence-electron chi connectivity index (χ0n) is 11.0. The van der Waals surface area contributed by atoms with E-state index in [1.54, 1.807) is 6.08 Å². The van der Waals surface area contributed by atoms with Gasteiger partial charge >= 0.3 is 5.97 Å². The van der Waals surface area contributed by atoms with Gasteiger partial charge in [-0.1, -0.05) is 19.9 Å². The van der Waals surface area contributed by atoms with E-state index in [2.05, 4.69) is 25.7 Å².